The molecule has 0 aliphatic heterocycles. The Morgan fingerprint density at radius 2 is 1.89 bits per heavy atom. The number of hydrogen-bond acceptors (Lipinski definition) is 4. The molecule has 0 fully saturated rings. The number of carbonyl (C=O) groups excluding carboxylic acids is 1. The number of esters is 1. The minimum absolute atomic E-state index is 0.102. The van der Waals surface area contributed by atoms with E-state index >= 15 is 0 Å². The van der Waals surface area contributed by atoms with Crippen LogP contribution in [-0.4, -0.2) is 34.9 Å². The molecule has 0 saturated heterocycles. The first-order valence-electron chi connectivity index (χ1n) is 9.16. The number of aromatic amines is 1. The highest BCUT2D eigenvalue weighted by Gasteiger charge is 2.21. The van der Waals surface area contributed by atoms with Crippen molar-refractivity contribution >= 4 is 28.5 Å². The molecule has 6 heteroatoms. The van der Waals surface area contributed by atoms with Crippen LogP contribution in [0.5, 0.6) is 5.75 Å². The summed E-state index contributed by atoms with van der Waals surface area (Å²) in [5, 5.41) is 10.2. The maximum atomic E-state index is 12.5. The van der Waals surface area contributed by atoms with Gasteiger partial charge < -0.3 is 19.6 Å². The zero-order chi connectivity index (χ0) is 20.3. The van der Waals surface area contributed by atoms with E-state index in [1.54, 1.807) is 6.20 Å². The van der Waals surface area contributed by atoms with E-state index in [4.69, 9.17) is 26.2 Å². The SMILES string of the molecule is CC(C)(C)OC(=O)c1c[nH]c2cc(Cl)c(-c3ccc(OCCCO)cc3)cc12. The largest absolute Gasteiger partial charge is 0.494 e. The lowest BCUT2D eigenvalue weighted by atomic mass is 10.0. The van der Waals surface area contributed by atoms with Crippen molar-refractivity contribution in [3.8, 4) is 16.9 Å². The summed E-state index contributed by atoms with van der Waals surface area (Å²) in [5.41, 5.74) is 2.42. The molecule has 0 radical (unpaired) electrons. The second-order valence-electron chi connectivity index (χ2n) is 7.53. The summed E-state index contributed by atoms with van der Waals surface area (Å²) in [6.07, 6.45) is 2.24. The molecule has 0 saturated carbocycles. The number of benzene rings is 2. The molecule has 1 heterocycles. The smallest absolute Gasteiger partial charge is 0.340 e. The number of rotatable bonds is 6. The minimum Gasteiger partial charge on any atom is -0.494 e. The number of aliphatic hydroxyl groups excluding tert-OH is 1. The highest BCUT2D eigenvalue weighted by Crippen LogP contribution is 2.34. The van der Waals surface area contributed by atoms with Gasteiger partial charge in [0, 0.05) is 35.7 Å². The lowest BCUT2D eigenvalue weighted by Crippen LogP contribution is -2.23. The molecule has 0 amide bonds. The van der Waals surface area contributed by atoms with Crippen LogP contribution in [-0.2, 0) is 4.74 Å². The Bertz CT molecular complexity index is 971. The van der Waals surface area contributed by atoms with E-state index in [0.29, 0.717) is 23.6 Å². The molecule has 0 atom stereocenters. The number of hydrogen-bond donors (Lipinski definition) is 2. The Balaban J connectivity index is 1.92. The fraction of sp³-hybridized carbons (Fsp3) is 0.318. The lowest BCUT2D eigenvalue weighted by molar-refractivity contribution is 0.00719. The molecule has 2 aromatic carbocycles. The van der Waals surface area contributed by atoms with E-state index in [9.17, 15) is 4.79 Å². The summed E-state index contributed by atoms with van der Waals surface area (Å²) < 4.78 is 11.1. The number of aliphatic hydroxyl groups is 1. The van der Waals surface area contributed by atoms with Crippen molar-refractivity contribution in [1.29, 1.82) is 0 Å². The average Bonchev–Trinajstić information content (AvgIpc) is 3.03. The van der Waals surface area contributed by atoms with Crippen LogP contribution >= 0.6 is 11.6 Å². The average molecular weight is 402 g/mol. The van der Waals surface area contributed by atoms with Gasteiger partial charge in [0.05, 0.1) is 17.2 Å². The molecule has 0 bridgehead atoms. The monoisotopic (exact) mass is 401 g/mol. The number of halogens is 1. The lowest BCUT2D eigenvalue weighted by Gasteiger charge is -2.19. The van der Waals surface area contributed by atoms with Crippen LogP contribution in [0.2, 0.25) is 5.02 Å². The Kier molecular flexibility index (Phi) is 5.96. The van der Waals surface area contributed by atoms with Gasteiger partial charge in [0.15, 0.2) is 0 Å². The molecule has 28 heavy (non-hydrogen) atoms. The molecule has 0 aliphatic rings. The van der Waals surface area contributed by atoms with Gasteiger partial charge in [-0.05, 0) is 50.6 Å². The van der Waals surface area contributed by atoms with Crippen LogP contribution < -0.4 is 4.74 Å². The first-order chi connectivity index (χ1) is 13.3. The van der Waals surface area contributed by atoms with Crippen molar-refractivity contribution in [2.45, 2.75) is 32.8 Å². The van der Waals surface area contributed by atoms with Gasteiger partial charge in [-0.15, -0.1) is 0 Å². The molecule has 3 rings (SSSR count). The van der Waals surface area contributed by atoms with Crippen molar-refractivity contribution in [2.75, 3.05) is 13.2 Å². The van der Waals surface area contributed by atoms with Crippen molar-refractivity contribution in [2.24, 2.45) is 0 Å². The molecule has 0 spiro atoms. The summed E-state index contributed by atoms with van der Waals surface area (Å²) in [6, 6.07) is 11.3. The minimum atomic E-state index is -0.568. The van der Waals surface area contributed by atoms with E-state index in [-0.39, 0.29) is 12.6 Å². The van der Waals surface area contributed by atoms with Crippen molar-refractivity contribution in [1.82, 2.24) is 4.98 Å². The first kappa shape index (κ1) is 20.2. The standard InChI is InChI=1S/C22H24ClNO4/c1-22(2,3)28-21(26)18-13-24-20-12-19(23)16(11-17(18)20)14-5-7-15(8-6-14)27-10-4-9-25/h5-8,11-13,24-25H,4,9-10H2,1-3H3. The maximum Gasteiger partial charge on any atom is 0.340 e. The molecular weight excluding hydrogens is 378 g/mol. The Morgan fingerprint density at radius 1 is 1.18 bits per heavy atom. The van der Waals surface area contributed by atoms with E-state index in [0.717, 1.165) is 27.8 Å². The predicted molar refractivity (Wildman–Crippen MR) is 111 cm³/mol. The topological polar surface area (TPSA) is 71.6 Å². The third-order valence-corrected chi connectivity index (χ3v) is 4.44. The normalized spacial score (nSPS) is 11.6. The van der Waals surface area contributed by atoms with Crippen LogP contribution in [0.25, 0.3) is 22.0 Å². The summed E-state index contributed by atoms with van der Waals surface area (Å²) in [5.74, 6) is 0.352. The van der Waals surface area contributed by atoms with Gasteiger partial charge >= 0.3 is 5.97 Å². The highest BCUT2D eigenvalue weighted by molar-refractivity contribution is 6.34. The van der Waals surface area contributed by atoms with E-state index in [1.165, 1.54) is 0 Å². The van der Waals surface area contributed by atoms with Crippen molar-refractivity contribution in [3.05, 3.63) is 53.2 Å². The fourth-order valence-corrected chi connectivity index (χ4v) is 3.12. The van der Waals surface area contributed by atoms with Crippen molar-refractivity contribution < 1.29 is 19.4 Å². The maximum absolute atomic E-state index is 12.5. The number of H-pyrrole nitrogens is 1. The summed E-state index contributed by atoms with van der Waals surface area (Å²) in [4.78, 5) is 15.6. The molecule has 3 aromatic rings. The molecule has 0 unspecified atom stereocenters. The second kappa shape index (κ2) is 8.25. The first-order valence-corrected chi connectivity index (χ1v) is 9.54. The van der Waals surface area contributed by atoms with Gasteiger partial charge in [-0.2, -0.15) is 0 Å². The van der Waals surface area contributed by atoms with Gasteiger partial charge in [0.1, 0.15) is 11.4 Å². The molecule has 1 aromatic heterocycles. The molecular formula is C22H24ClNO4. The Labute approximate surface area is 169 Å². The third-order valence-electron chi connectivity index (χ3n) is 4.12. The number of ether oxygens (including phenoxy) is 2. The number of aromatic nitrogens is 1. The van der Waals surface area contributed by atoms with Gasteiger partial charge in [0.25, 0.3) is 0 Å². The zero-order valence-corrected chi connectivity index (χ0v) is 17.0. The van der Waals surface area contributed by atoms with Crippen LogP contribution in [0.1, 0.15) is 37.6 Å². The molecule has 148 valence electrons. The Hall–Kier alpha value is -2.50. The van der Waals surface area contributed by atoms with Gasteiger partial charge in [-0.25, -0.2) is 4.79 Å². The second-order valence-corrected chi connectivity index (χ2v) is 7.94. The van der Waals surface area contributed by atoms with E-state index in [2.05, 4.69) is 4.98 Å². The highest BCUT2D eigenvalue weighted by atomic mass is 35.5. The predicted octanol–water partition coefficient (Wildman–Crippen LogP) is 5.20. The summed E-state index contributed by atoms with van der Waals surface area (Å²) >= 11 is 6.48. The van der Waals surface area contributed by atoms with Gasteiger partial charge in [-0.1, -0.05) is 23.7 Å². The number of fused-ring (bicyclic) bond motifs is 1. The van der Waals surface area contributed by atoms with E-state index < -0.39 is 5.60 Å². The Morgan fingerprint density at radius 3 is 2.54 bits per heavy atom. The van der Waals surface area contributed by atoms with Crippen LogP contribution in [0.15, 0.2) is 42.6 Å². The fourth-order valence-electron chi connectivity index (χ4n) is 2.85. The summed E-state index contributed by atoms with van der Waals surface area (Å²) in [7, 11) is 0. The van der Waals surface area contributed by atoms with Crippen LogP contribution in [0.3, 0.4) is 0 Å². The quantitative estimate of drug-likeness (QED) is 0.439. The van der Waals surface area contributed by atoms with Crippen LogP contribution in [0, 0.1) is 0 Å². The van der Waals surface area contributed by atoms with Gasteiger partial charge in [-0.3, -0.25) is 0 Å². The number of carbonyl (C=O) groups is 1. The third kappa shape index (κ3) is 4.66. The summed E-state index contributed by atoms with van der Waals surface area (Å²) in [6.45, 7) is 6.08. The van der Waals surface area contributed by atoms with Crippen LogP contribution in [0.4, 0.5) is 0 Å². The molecule has 0 aliphatic carbocycles. The number of nitrogens with one attached hydrogen (secondary N) is 1. The molecule has 2 N–H and O–H groups in total. The van der Waals surface area contributed by atoms with E-state index in [1.807, 2.05) is 57.2 Å². The van der Waals surface area contributed by atoms with Crippen molar-refractivity contribution in [3.63, 3.8) is 0 Å². The van der Waals surface area contributed by atoms with Gasteiger partial charge in [0.2, 0.25) is 0 Å². The zero-order valence-electron chi connectivity index (χ0n) is 16.2. The molecule has 5 nitrogen and oxygen atoms in total.